The van der Waals surface area contributed by atoms with Crippen LogP contribution in [0.3, 0.4) is 0 Å². The van der Waals surface area contributed by atoms with Crippen LogP contribution in [0, 0.1) is 31.6 Å². The molecule has 0 fully saturated rings. The maximum absolute atomic E-state index is 11.1. The number of nitro benzene ring substituents is 2. The van der Waals surface area contributed by atoms with Gasteiger partial charge in [-0.1, -0.05) is 0 Å². The molecule has 0 aliphatic rings. The van der Waals surface area contributed by atoms with E-state index in [9.17, 15) is 20.2 Å². The monoisotopic (exact) mass is 463 g/mol. The number of non-ortho nitro benzene ring substituents is 1. The third-order valence-corrected chi connectivity index (χ3v) is 3.99. The van der Waals surface area contributed by atoms with Crippen molar-refractivity contribution in [1.82, 2.24) is 0 Å². The minimum Gasteiger partial charge on any atom is -0.490 e. The molecule has 0 unspecified atom stereocenters. The standard InChI is InChI=1S/C17H14BrN5O6/c1-2-28-16-8-11(7-13(18)17(16)29-6-5-19)10-20-21-14-4-3-12(22(24)25)9-15(14)23(26)27/h3-4,7-10,21H,2,6H2,1H3/b20-10+. The van der Waals surface area contributed by atoms with E-state index in [1.165, 1.54) is 12.3 Å². The number of nitrogens with one attached hydrogen (secondary N) is 1. The summed E-state index contributed by atoms with van der Waals surface area (Å²) in [6.07, 6.45) is 1.38. The van der Waals surface area contributed by atoms with Gasteiger partial charge in [-0.25, -0.2) is 0 Å². The molecule has 0 atom stereocenters. The number of nitro groups is 2. The molecule has 0 bridgehead atoms. The van der Waals surface area contributed by atoms with Crippen molar-refractivity contribution in [3.63, 3.8) is 0 Å². The van der Waals surface area contributed by atoms with E-state index in [0.717, 1.165) is 12.1 Å². The minimum atomic E-state index is -0.740. The number of anilines is 1. The third kappa shape index (κ3) is 5.63. The molecule has 150 valence electrons. The molecule has 0 amide bonds. The first-order chi connectivity index (χ1) is 13.9. The fourth-order valence-corrected chi connectivity index (χ4v) is 2.80. The zero-order valence-corrected chi connectivity index (χ0v) is 16.6. The Hall–Kier alpha value is -3.72. The molecule has 0 saturated heterocycles. The van der Waals surface area contributed by atoms with E-state index in [1.54, 1.807) is 19.1 Å². The largest absolute Gasteiger partial charge is 0.490 e. The lowest BCUT2D eigenvalue weighted by Gasteiger charge is -2.12. The van der Waals surface area contributed by atoms with Crippen LogP contribution in [0.1, 0.15) is 12.5 Å². The topological polar surface area (TPSA) is 153 Å². The van der Waals surface area contributed by atoms with Crippen LogP contribution in [-0.2, 0) is 0 Å². The Morgan fingerprint density at radius 1 is 1.24 bits per heavy atom. The number of nitriles is 1. The Morgan fingerprint density at radius 2 is 2.00 bits per heavy atom. The molecule has 1 N–H and O–H groups in total. The Kier molecular flexibility index (Phi) is 7.44. The summed E-state index contributed by atoms with van der Waals surface area (Å²) >= 11 is 3.34. The maximum Gasteiger partial charge on any atom is 0.301 e. The second kappa shape index (κ2) is 10.00. The highest BCUT2D eigenvalue weighted by Crippen LogP contribution is 2.36. The number of halogens is 1. The number of hydrogen-bond donors (Lipinski definition) is 1. The van der Waals surface area contributed by atoms with Gasteiger partial charge in [0.1, 0.15) is 11.8 Å². The first-order valence-corrected chi connectivity index (χ1v) is 8.84. The van der Waals surface area contributed by atoms with Gasteiger partial charge in [0.2, 0.25) is 0 Å². The SMILES string of the molecule is CCOc1cc(/C=N/Nc2ccc([N+](=O)[O-])cc2[N+](=O)[O-])cc(Br)c1OCC#N. The van der Waals surface area contributed by atoms with Gasteiger partial charge in [0.15, 0.2) is 18.1 Å². The fraction of sp³-hybridized carbons (Fsp3) is 0.176. The third-order valence-electron chi connectivity index (χ3n) is 3.40. The van der Waals surface area contributed by atoms with Gasteiger partial charge in [0.25, 0.3) is 5.69 Å². The van der Waals surface area contributed by atoms with Crippen molar-refractivity contribution in [3.05, 3.63) is 60.6 Å². The lowest BCUT2D eigenvalue weighted by molar-refractivity contribution is -0.393. The number of nitrogens with zero attached hydrogens (tertiary/aromatic N) is 4. The molecule has 11 nitrogen and oxygen atoms in total. The average Bonchev–Trinajstić information content (AvgIpc) is 2.67. The Bertz CT molecular complexity index is 1000. The number of hydrazone groups is 1. The van der Waals surface area contributed by atoms with Crippen LogP contribution in [0.4, 0.5) is 17.1 Å². The summed E-state index contributed by atoms with van der Waals surface area (Å²) in [4.78, 5) is 20.5. The first-order valence-electron chi connectivity index (χ1n) is 8.05. The summed E-state index contributed by atoms with van der Waals surface area (Å²) in [5.74, 6) is 0.754. The molecule has 12 heteroatoms. The van der Waals surface area contributed by atoms with Crippen molar-refractivity contribution < 1.29 is 19.3 Å². The molecule has 2 aromatic carbocycles. The number of ether oxygens (including phenoxy) is 2. The van der Waals surface area contributed by atoms with Crippen LogP contribution in [0.25, 0.3) is 0 Å². The van der Waals surface area contributed by atoms with Crippen LogP contribution >= 0.6 is 15.9 Å². The highest BCUT2D eigenvalue weighted by Gasteiger charge is 2.19. The fourth-order valence-electron chi connectivity index (χ4n) is 2.23. The highest BCUT2D eigenvalue weighted by atomic mass is 79.9. The van der Waals surface area contributed by atoms with E-state index < -0.39 is 21.2 Å². The molecule has 0 aliphatic carbocycles. The minimum absolute atomic E-state index is 0.00470. The summed E-state index contributed by atoms with van der Waals surface area (Å²) in [5.41, 5.74) is 2.19. The first kappa shape index (κ1) is 21.6. The van der Waals surface area contributed by atoms with E-state index in [-0.39, 0.29) is 12.3 Å². The van der Waals surface area contributed by atoms with E-state index in [2.05, 4.69) is 26.5 Å². The summed E-state index contributed by atoms with van der Waals surface area (Å²) in [6, 6.07) is 8.34. The van der Waals surface area contributed by atoms with Crippen molar-refractivity contribution in [2.24, 2.45) is 5.10 Å². The summed E-state index contributed by atoms with van der Waals surface area (Å²) in [5, 5.41) is 34.6. The van der Waals surface area contributed by atoms with E-state index in [0.29, 0.717) is 28.1 Å². The Labute approximate surface area is 173 Å². The summed E-state index contributed by atoms with van der Waals surface area (Å²) < 4.78 is 11.4. The Morgan fingerprint density at radius 3 is 2.62 bits per heavy atom. The van der Waals surface area contributed by atoms with Crippen molar-refractivity contribution in [2.75, 3.05) is 18.6 Å². The maximum atomic E-state index is 11.1. The van der Waals surface area contributed by atoms with Gasteiger partial charge in [-0.15, -0.1) is 0 Å². The molecule has 2 rings (SSSR count). The predicted octanol–water partition coefficient (Wildman–Crippen LogP) is 4.01. The summed E-state index contributed by atoms with van der Waals surface area (Å²) in [6.45, 7) is 2.00. The molecule has 0 saturated carbocycles. The molecule has 0 aliphatic heterocycles. The zero-order valence-electron chi connectivity index (χ0n) is 15.0. The number of benzene rings is 2. The van der Waals surface area contributed by atoms with Gasteiger partial charge in [0, 0.05) is 6.07 Å². The quantitative estimate of drug-likeness (QED) is 0.332. The molecule has 0 heterocycles. The van der Waals surface area contributed by atoms with Crippen molar-refractivity contribution in [3.8, 4) is 17.6 Å². The molecule has 0 radical (unpaired) electrons. The second-order valence-electron chi connectivity index (χ2n) is 5.30. The van der Waals surface area contributed by atoms with Crippen LogP contribution < -0.4 is 14.9 Å². The van der Waals surface area contributed by atoms with Gasteiger partial charge in [-0.3, -0.25) is 25.7 Å². The van der Waals surface area contributed by atoms with Crippen LogP contribution in [0.5, 0.6) is 11.5 Å². The molecule has 0 aromatic heterocycles. The number of hydrogen-bond acceptors (Lipinski definition) is 9. The van der Waals surface area contributed by atoms with Crippen molar-refractivity contribution >= 4 is 39.2 Å². The number of rotatable bonds is 9. The molecule has 29 heavy (non-hydrogen) atoms. The highest BCUT2D eigenvalue weighted by molar-refractivity contribution is 9.10. The van der Waals surface area contributed by atoms with E-state index >= 15 is 0 Å². The van der Waals surface area contributed by atoms with Gasteiger partial charge >= 0.3 is 5.69 Å². The van der Waals surface area contributed by atoms with Gasteiger partial charge in [0.05, 0.1) is 33.2 Å². The average molecular weight is 464 g/mol. The Balaban J connectivity index is 2.27. The van der Waals surface area contributed by atoms with Crippen LogP contribution in [0.2, 0.25) is 0 Å². The van der Waals surface area contributed by atoms with Crippen LogP contribution in [-0.4, -0.2) is 29.3 Å². The zero-order chi connectivity index (χ0) is 21.4. The lowest BCUT2D eigenvalue weighted by atomic mass is 10.2. The lowest BCUT2D eigenvalue weighted by Crippen LogP contribution is -2.02. The molecular weight excluding hydrogens is 450 g/mol. The molecular formula is C17H14BrN5O6. The van der Waals surface area contributed by atoms with Gasteiger partial charge < -0.3 is 9.47 Å². The van der Waals surface area contributed by atoms with E-state index in [1.807, 2.05) is 6.07 Å². The van der Waals surface area contributed by atoms with Crippen LogP contribution in [0.15, 0.2) is 39.9 Å². The van der Waals surface area contributed by atoms with Gasteiger partial charge in [-0.2, -0.15) is 10.4 Å². The summed E-state index contributed by atoms with van der Waals surface area (Å²) in [7, 11) is 0. The second-order valence-corrected chi connectivity index (χ2v) is 6.15. The molecule has 2 aromatic rings. The smallest absolute Gasteiger partial charge is 0.301 e. The predicted molar refractivity (Wildman–Crippen MR) is 107 cm³/mol. The normalized spacial score (nSPS) is 10.4. The van der Waals surface area contributed by atoms with E-state index in [4.69, 9.17) is 14.7 Å². The van der Waals surface area contributed by atoms with Crippen molar-refractivity contribution in [2.45, 2.75) is 6.92 Å². The molecule has 0 spiro atoms. The van der Waals surface area contributed by atoms with Crippen molar-refractivity contribution in [1.29, 1.82) is 5.26 Å². The van der Waals surface area contributed by atoms with Gasteiger partial charge in [-0.05, 0) is 46.6 Å².